The molecule has 1 aromatic carbocycles. The predicted molar refractivity (Wildman–Crippen MR) is 99.1 cm³/mol. The van der Waals surface area contributed by atoms with Gasteiger partial charge in [0.15, 0.2) is 0 Å². The molecule has 2 aliphatic heterocycles. The molecule has 132 valence electrons. The van der Waals surface area contributed by atoms with Crippen LogP contribution >= 0.6 is 0 Å². The Morgan fingerprint density at radius 3 is 2.44 bits per heavy atom. The first-order valence-corrected chi connectivity index (χ1v) is 9.27. The first kappa shape index (κ1) is 16.4. The molecule has 1 amide bonds. The van der Waals surface area contributed by atoms with E-state index in [0.717, 1.165) is 38.9 Å². The van der Waals surface area contributed by atoms with Crippen molar-refractivity contribution < 1.29 is 4.79 Å². The lowest BCUT2D eigenvalue weighted by Crippen LogP contribution is -2.47. The Balaban J connectivity index is 1.50. The van der Waals surface area contributed by atoms with Crippen LogP contribution in [0.4, 0.5) is 0 Å². The maximum absolute atomic E-state index is 12.5. The molecular formula is C21H27N3O. The van der Waals surface area contributed by atoms with Gasteiger partial charge in [-0.3, -0.25) is 4.79 Å². The van der Waals surface area contributed by atoms with Gasteiger partial charge in [0.25, 0.3) is 0 Å². The number of carbonyl (C=O) groups excluding carboxylic acids is 1. The number of rotatable bonds is 1. The summed E-state index contributed by atoms with van der Waals surface area (Å²) in [6.45, 7) is 8.82. The highest BCUT2D eigenvalue weighted by Gasteiger charge is 2.43. The third-order valence-electron chi connectivity index (χ3n) is 5.79. The molecule has 4 heteroatoms. The van der Waals surface area contributed by atoms with Crippen molar-refractivity contribution in [3.8, 4) is 11.3 Å². The van der Waals surface area contributed by atoms with Crippen molar-refractivity contribution in [2.24, 2.45) is 10.8 Å². The molecule has 2 aromatic rings. The number of hydrogen-bond acceptors (Lipinski definition) is 2. The van der Waals surface area contributed by atoms with Crippen LogP contribution in [0, 0.1) is 10.8 Å². The normalized spacial score (nSPS) is 19.2. The molecule has 4 rings (SSSR count). The Bertz CT molecular complexity index is 777. The van der Waals surface area contributed by atoms with Gasteiger partial charge in [-0.1, -0.05) is 51.1 Å². The predicted octanol–water partition coefficient (Wildman–Crippen LogP) is 3.76. The second kappa shape index (κ2) is 5.72. The van der Waals surface area contributed by atoms with Gasteiger partial charge in [-0.25, -0.2) is 4.98 Å². The summed E-state index contributed by atoms with van der Waals surface area (Å²) in [5.74, 6) is 1.48. The minimum atomic E-state index is -0.284. The number of aromatic nitrogens is 2. The number of piperidine rings is 1. The molecule has 0 bridgehead atoms. The number of carbonyl (C=O) groups is 1. The van der Waals surface area contributed by atoms with Crippen molar-refractivity contribution >= 4 is 5.91 Å². The number of nitrogens with zero attached hydrogens (tertiary/aromatic N) is 3. The van der Waals surface area contributed by atoms with E-state index in [1.165, 1.54) is 17.1 Å². The fourth-order valence-electron chi connectivity index (χ4n) is 4.29. The molecule has 1 spiro atoms. The van der Waals surface area contributed by atoms with Gasteiger partial charge in [-0.15, -0.1) is 0 Å². The molecular weight excluding hydrogens is 310 g/mol. The zero-order valence-electron chi connectivity index (χ0n) is 15.5. The van der Waals surface area contributed by atoms with Gasteiger partial charge in [0.05, 0.1) is 11.9 Å². The fraction of sp³-hybridized carbons (Fsp3) is 0.524. The van der Waals surface area contributed by atoms with Crippen molar-refractivity contribution in [3.05, 3.63) is 42.4 Å². The summed E-state index contributed by atoms with van der Waals surface area (Å²) in [5.41, 5.74) is 2.45. The minimum absolute atomic E-state index is 0.280. The molecule has 0 radical (unpaired) electrons. The van der Waals surface area contributed by atoms with E-state index in [1.807, 2.05) is 33.0 Å². The van der Waals surface area contributed by atoms with Crippen LogP contribution < -0.4 is 0 Å². The molecule has 4 nitrogen and oxygen atoms in total. The average Bonchev–Trinajstić information content (AvgIpc) is 3.12. The zero-order valence-corrected chi connectivity index (χ0v) is 15.5. The molecule has 1 aromatic heterocycles. The lowest BCUT2D eigenvalue weighted by Gasteiger charge is -2.41. The summed E-state index contributed by atoms with van der Waals surface area (Å²) in [6.07, 6.45) is 5.20. The highest BCUT2D eigenvalue weighted by molar-refractivity contribution is 5.81. The number of fused-ring (bicyclic) bond motifs is 1. The Morgan fingerprint density at radius 2 is 1.80 bits per heavy atom. The van der Waals surface area contributed by atoms with E-state index < -0.39 is 0 Å². The van der Waals surface area contributed by atoms with Gasteiger partial charge < -0.3 is 9.47 Å². The van der Waals surface area contributed by atoms with Crippen molar-refractivity contribution in [1.82, 2.24) is 14.5 Å². The second-order valence-corrected chi connectivity index (χ2v) is 8.73. The summed E-state index contributed by atoms with van der Waals surface area (Å²) in [6, 6.07) is 10.5. The molecule has 3 heterocycles. The van der Waals surface area contributed by atoms with Crippen molar-refractivity contribution in [1.29, 1.82) is 0 Å². The van der Waals surface area contributed by atoms with Gasteiger partial charge in [0.2, 0.25) is 5.91 Å². The standard InChI is InChI=1S/C21H27N3O/c1-20(2,3)19(25)23-11-9-21(10-12-23)13-18-22-14-17(24(18)15-21)16-7-5-4-6-8-16/h4-8,14H,9-13,15H2,1-3H3. The monoisotopic (exact) mass is 337 g/mol. The molecule has 1 saturated heterocycles. The summed E-state index contributed by atoms with van der Waals surface area (Å²) in [5, 5.41) is 0. The van der Waals surface area contributed by atoms with Crippen LogP contribution in [0.5, 0.6) is 0 Å². The Kier molecular flexibility index (Phi) is 3.75. The highest BCUT2D eigenvalue weighted by atomic mass is 16.2. The van der Waals surface area contributed by atoms with Crippen molar-refractivity contribution in [2.45, 2.75) is 46.6 Å². The van der Waals surface area contributed by atoms with Crippen LogP contribution in [0.25, 0.3) is 11.3 Å². The third kappa shape index (κ3) is 2.88. The number of likely N-dealkylation sites (tertiary alicyclic amines) is 1. The van der Waals surface area contributed by atoms with E-state index in [1.54, 1.807) is 0 Å². The van der Waals surface area contributed by atoms with Gasteiger partial charge in [0.1, 0.15) is 5.82 Å². The van der Waals surface area contributed by atoms with Crippen LogP contribution in [0.2, 0.25) is 0 Å². The smallest absolute Gasteiger partial charge is 0.227 e. The first-order valence-electron chi connectivity index (χ1n) is 9.27. The SMILES string of the molecule is CC(C)(C)C(=O)N1CCC2(CC1)Cc1ncc(-c3ccccc3)n1C2. The summed E-state index contributed by atoms with van der Waals surface area (Å²) < 4.78 is 2.40. The second-order valence-electron chi connectivity index (χ2n) is 8.73. The number of amides is 1. The largest absolute Gasteiger partial charge is 0.342 e. The van der Waals surface area contributed by atoms with Crippen molar-refractivity contribution in [2.75, 3.05) is 13.1 Å². The number of benzene rings is 1. The summed E-state index contributed by atoms with van der Waals surface area (Å²) in [7, 11) is 0. The van der Waals surface area contributed by atoms with E-state index in [-0.39, 0.29) is 16.7 Å². The van der Waals surface area contributed by atoms with Gasteiger partial charge >= 0.3 is 0 Å². The first-order chi connectivity index (χ1) is 11.9. The molecule has 25 heavy (non-hydrogen) atoms. The fourth-order valence-corrected chi connectivity index (χ4v) is 4.29. The van der Waals surface area contributed by atoms with E-state index in [9.17, 15) is 4.79 Å². The third-order valence-corrected chi connectivity index (χ3v) is 5.79. The molecule has 0 unspecified atom stereocenters. The zero-order chi connectivity index (χ0) is 17.7. The molecule has 0 atom stereocenters. The summed E-state index contributed by atoms with van der Waals surface area (Å²) in [4.78, 5) is 19.3. The van der Waals surface area contributed by atoms with Crippen LogP contribution in [-0.4, -0.2) is 33.4 Å². The van der Waals surface area contributed by atoms with Crippen LogP contribution in [0.15, 0.2) is 36.5 Å². The van der Waals surface area contributed by atoms with E-state index in [0.29, 0.717) is 0 Å². The average molecular weight is 337 g/mol. The summed E-state index contributed by atoms with van der Waals surface area (Å²) >= 11 is 0. The van der Waals surface area contributed by atoms with E-state index in [4.69, 9.17) is 4.98 Å². The van der Waals surface area contributed by atoms with E-state index >= 15 is 0 Å². The number of hydrogen-bond donors (Lipinski definition) is 0. The lowest BCUT2D eigenvalue weighted by molar-refractivity contribution is -0.141. The van der Waals surface area contributed by atoms with Crippen LogP contribution in [0.1, 0.15) is 39.4 Å². The maximum Gasteiger partial charge on any atom is 0.227 e. The molecule has 2 aliphatic rings. The molecule has 0 aliphatic carbocycles. The Labute approximate surface area is 149 Å². The molecule has 0 saturated carbocycles. The Morgan fingerprint density at radius 1 is 1.12 bits per heavy atom. The van der Waals surface area contributed by atoms with Crippen LogP contribution in [0.3, 0.4) is 0 Å². The van der Waals surface area contributed by atoms with Gasteiger partial charge in [-0.2, -0.15) is 0 Å². The molecule has 1 fully saturated rings. The lowest BCUT2D eigenvalue weighted by atomic mass is 9.76. The topological polar surface area (TPSA) is 38.1 Å². The maximum atomic E-state index is 12.5. The Hall–Kier alpha value is -2.10. The highest BCUT2D eigenvalue weighted by Crippen LogP contribution is 2.43. The van der Waals surface area contributed by atoms with Crippen molar-refractivity contribution in [3.63, 3.8) is 0 Å². The van der Waals surface area contributed by atoms with Gasteiger partial charge in [-0.05, 0) is 23.8 Å². The minimum Gasteiger partial charge on any atom is -0.342 e. The van der Waals surface area contributed by atoms with Gasteiger partial charge in [0, 0.05) is 31.5 Å². The molecule has 0 N–H and O–H groups in total. The quantitative estimate of drug-likeness (QED) is 0.794. The van der Waals surface area contributed by atoms with E-state index in [2.05, 4.69) is 33.7 Å². The van der Waals surface area contributed by atoms with Crippen LogP contribution in [-0.2, 0) is 17.8 Å². The number of imidazole rings is 1.